The molecule has 2 amide bonds. The summed E-state index contributed by atoms with van der Waals surface area (Å²) >= 11 is 3.52. The lowest BCUT2D eigenvalue weighted by Gasteiger charge is -2.25. The monoisotopic (exact) mass is 500 g/mol. The molecule has 0 heterocycles. The number of nitrogens with one attached hydrogen (secondary N) is 1. The number of anilines is 1. The molecule has 3 rings (SSSR count). The van der Waals surface area contributed by atoms with E-state index in [-0.39, 0.29) is 17.9 Å². The third kappa shape index (κ3) is 6.35. The maximum atomic E-state index is 13.2. The number of amides is 2. The van der Waals surface area contributed by atoms with Gasteiger partial charge in [0.1, 0.15) is 5.75 Å². The van der Waals surface area contributed by atoms with Crippen molar-refractivity contribution in [2.45, 2.75) is 58.4 Å². The SMILES string of the molecule is CC(C)CCOc1ccc(C(=O)N(C)c2ccccc2C(=O)NC2CCCCC2)cc1Br. The first kappa shape index (κ1) is 24.3. The summed E-state index contributed by atoms with van der Waals surface area (Å²) in [6.45, 7) is 4.94. The molecule has 1 aliphatic rings. The molecule has 0 radical (unpaired) electrons. The number of ether oxygens (including phenoxy) is 1. The van der Waals surface area contributed by atoms with Gasteiger partial charge < -0.3 is 15.0 Å². The van der Waals surface area contributed by atoms with E-state index in [1.54, 1.807) is 25.2 Å². The lowest BCUT2D eigenvalue weighted by Crippen LogP contribution is -2.37. The van der Waals surface area contributed by atoms with Crippen LogP contribution in [0.2, 0.25) is 0 Å². The molecule has 0 aliphatic heterocycles. The van der Waals surface area contributed by atoms with Crippen LogP contribution in [0.25, 0.3) is 0 Å². The zero-order chi connectivity index (χ0) is 23.1. The van der Waals surface area contributed by atoms with Crippen molar-refractivity contribution in [3.05, 3.63) is 58.1 Å². The molecule has 0 spiro atoms. The van der Waals surface area contributed by atoms with Crippen LogP contribution in [0.3, 0.4) is 0 Å². The normalized spacial score (nSPS) is 14.3. The van der Waals surface area contributed by atoms with E-state index in [4.69, 9.17) is 4.74 Å². The van der Waals surface area contributed by atoms with Crippen molar-refractivity contribution in [2.75, 3.05) is 18.6 Å². The molecular weight excluding hydrogens is 468 g/mol. The van der Waals surface area contributed by atoms with Gasteiger partial charge in [-0.25, -0.2) is 0 Å². The summed E-state index contributed by atoms with van der Waals surface area (Å²) in [5.74, 6) is 0.982. The van der Waals surface area contributed by atoms with E-state index >= 15 is 0 Å². The summed E-state index contributed by atoms with van der Waals surface area (Å²) in [4.78, 5) is 27.7. The molecule has 172 valence electrons. The summed E-state index contributed by atoms with van der Waals surface area (Å²) < 4.78 is 6.57. The van der Waals surface area contributed by atoms with E-state index in [0.717, 1.165) is 42.3 Å². The highest BCUT2D eigenvalue weighted by Gasteiger charge is 2.22. The number of benzene rings is 2. The Labute approximate surface area is 199 Å². The quantitative estimate of drug-likeness (QED) is 0.468. The minimum absolute atomic E-state index is 0.123. The van der Waals surface area contributed by atoms with E-state index in [1.165, 1.54) is 11.3 Å². The Morgan fingerprint density at radius 3 is 2.53 bits per heavy atom. The van der Waals surface area contributed by atoms with E-state index in [1.807, 2.05) is 24.3 Å². The molecule has 2 aromatic rings. The number of carbonyl (C=O) groups excluding carboxylic acids is 2. The van der Waals surface area contributed by atoms with Gasteiger partial charge in [0.2, 0.25) is 0 Å². The van der Waals surface area contributed by atoms with Crippen LogP contribution >= 0.6 is 15.9 Å². The van der Waals surface area contributed by atoms with Crippen molar-refractivity contribution in [1.82, 2.24) is 5.32 Å². The van der Waals surface area contributed by atoms with E-state index in [0.29, 0.717) is 29.3 Å². The predicted octanol–water partition coefficient (Wildman–Crippen LogP) is 6.21. The van der Waals surface area contributed by atoms with Gasteiger partial charge in [-0.1, -0.05) is 45.2 Å². The second-order valence-corrected chi connectivity index (χ2v) is 9.72. The third-order valence-electron chi connectivity index (χ3n) is 5.89. The standard InChI is InChI=1S/C26H33BrN2O3/c1-18(2)15-16-32-24-14-13-19(17-22(24)27)26(31)29(3)23-12-8-7-11-21(23)25(30)28-20-9-5-4-6-10-20/h7-8,11-14,17-18,20H,4-6,9-10,15-16H2,1-3H3,(H,28,30). The van der Waals surface area contributed by atoms with Crippen LogP contribution in [-0.4, -0.2) is 31.5 Å². The first-order valence-corrected chi connectivity index (χ1v) is 12.3. The maximum Gasteiger partial charge on any atom is 0.258 e. The highest BCUT2D eigenvalue weighted by atomic mass is 79.9. The van der Waals surface area contributed by atoms with Crippen molar-refractivity contribution >= 4 is 33.4 Å². The first-order chi connectivity index (χ1) is 15.4. The number of rotatable bonds is 8. The maximum absolute atomic E-state index is 13.2. The number of nitrogens with zero attached hydrogens (tertiary/aromatic N) is 1. The zero-order valence-electron chi connectivity index (χ0n) is 19.2. The zero-order valence-corrected chi connectivity index (χ0v) is 20.8. The van der Waals surface area contributed by atoms with Crippen LogP contribution < -0.4 is 15.0 Å². The van der Waals surface area contributed by atoms with Crippen molar-refractivity contribution in [1.29, 1.82) is 0 Å². The molecule has 1 aliphatic carbocycles. The van der Waals surface area contributed by atoms with Crippen LogP contribution in [0.5, 0.6) is 5.75 Å². The van der Waals surface area contributed by atoms with Crippen molar-refractivity contribution in [2.24, 2.45) is 5.92 Å². The number of hydrogen-bond acceptors (Lipinski definition) is 3. The molecule has 1 saturated carbocycles. The van der Waals surface area contributed by atoms with Gasteiger partial charge in [-0.3, -0.25) is 9.59 Å². The number of para-hydroxylation sites is 1. The van der Waals surface area contributed by atoms with Gasteiger partial charge in [-0.15, -0.1) is 0 Å². The summed E-state index contributed by atoms with van der Waals surface area (Å²) in [5.41, 5.74) is 1.64. The Morgan fingerprint density at radius 1 is 1.12 bits per heavy atom. The third-order valence-corrected chi connectivity index (χ3v) is 6.51. The summed E-state index contributed by atoms with van der Waals surface area (Å²) in [5, 5.41) is 3.15. The van der Waals surface area contributed by atoms with Crippen LogP contribution in [0.4, 0.5) is 5.69 Å². The van der Waals surface area contributed by atoms with E-state index in [9.17, 15) is 9.59 Å². The smallest absolute Gasteiger partial charge is 0.258 e. The van der Waals surface area contributed by atoms with Crippen LogP contribution in [-0.2, 0) is 0 Å². The van der Waals surface area contributed by atoms with Crippen molar-refractivity contribution in [3.8, 4) is 5.75 Å². The van der Waals surface area contributed by atoms with Gasteiger partial charge in [0.05, 0.1) is 22.3 Å². The lowest BCUT2D eigenvalue weighted by molar-refractivity contribution is 0.0928. The van der Waals surface area contributed by atoms with Gasteiger partial charge in [-0.2, -0.15) is 0 Å². The Kier molecular flexibility index (Phi) is 8.74. The predicted molar refractivity (Wildman–Crippen MR) is 133 cm³/mol. The van der Waals surface area contributed by atoms with Crippen molar-refractivity contribution in [3.63, 3.8) is 0 Å². The molecule has 6 heteroatoms. The number of hydrogen-bond donors (Lipinski definition) is 1. The molecule has 2 aromatic carbocycles. The fraction of sp³-hybridized carbons (Fsp3) is 0.462. The van der Waals surface area contributed by atoms with E-state index in [2.05, 4.69) is 35.1 Å². The Hall–Kier alpha value is -2.34. The van der Waals surface area contributed by atoms with Crippen LogP contribution in [0, 0.1) is 5.92 Å². The molecular formula is C26H33BrN2O3. The van der Waals surface area contributed by atoms with Crippen LogP contribution in [0.15, 0.2) is 46.9 Å². The Morgan fingerprint density at radius 2 is 1.84 bits per heavy atom. The summed E-state index contributed by atoms with van der Waals surface area (Å²) in [7, 11) is 1.70. The average molecular weight is 501 g/mol. The topological polar surface area (TPSA) is 58.6 Å². The second kappa shape index (κ2) is 11.5. The average Bonchev–Trinajstić information content (AvgIpc) is 2.79. The molecule has 5 nitrogen and oxygen atoms in total. The number of carbonyl (C=O) groups is 2. The number of halogens is 1. The van der Waals surface area contributed by atoms with Gasteiger partial charge in [0, 0.05) is 18.7 Å². The molecule has 0 unspecified atom stereocenters. The molecule has 0 aromatic heterocycles. The lowest BCUT2D eigenvalue weighted by atomic mass is 9.95. The molecule has 1 fully saturated rings. The van der Waals surface area contributed by atoms with Crippen LogP contribution in [0.1, 0.15) is 73.1 Å². The van der Waals surface area contributed by atoms with Gasteiger partial charge in [0.25, 0.3) is 11.8 Å². The molecule has 0 atom stereocenters. The van der Waals surface area contributed by atoms with E-state index < -0.39 is 0 Å². The largest absolute Gasteiger partial charge is 0.492 e. The minimum Gasteiger partial charge on any atom is -0.492 e. The summed E-state index contributed by atoms with van der Waals surface area (Å²) in [6, 6.07) is 12.8. The molecule has 0 bridgehead atoms. The second-order valence-electron chi connectivity index (χ2n) is 8.87. The molecule has 32 heavy (non-hydrogen) atoms. The van der Waals surface area contributed by atoms with Gasteiger partial charge in [0.15, 0.2) is 0 Å². The fourth-order valence-corrected chi connectivity index (χ4v) is 4.42. The first-order valence-electron chi connectivity index (χ1n) is 11.5. The van der Waals surface area contributed by atoms with Gasteiger partial charge >= 0.3 is 0 Å². The van der Waals surface area contributed by atoms with Gasteiger partial charge in [-0.05, 0) is 71.4 Å². The Bertz CT molecular complexity index is 938. The highest BCUT2D eigenvalue weighted by molar-refractivity contribution is 9.10. The molecule has 0 saturated heterocycles. The molecule has 1 N–H and O–H groups in total. The Balaban J connectivity index is 1.73. The summed E-state index contributed by atoms with van der Waals surface area (Å²) in [6.07, 6.45) is 6.53. The fourth-order valence-electron chi connectivity index (χ4n) is 3.93. The van der Waals surface area contributed by atoms with Crippen molar-refractivity contribution < 1.29 is 14.3 Å². The minimum atomic E-state index is -0.183. The highest BCUT2D eigenvalue weighted by Crippen LogP contribution is 2.28.